The molecular formula is C10H16N2O2. The normalized spacial score (nSPS) is 10.5. The van der Waals surface area contributed by atoms with Crippen molar-refractivity contribution < 1.29 is 9.21 Å². The lowest BCUT2D eigenvalue weighted by Crippen LogP contribution is -2.32. The zero-order chi connectivity index (χ0) is 10.4. The minimum atomic E-state index is -0.153. The molecule has 0 bridgehead atoms. The van der Waals surface area contributed by atoms with E-state index in [0.29, 0.717) is 12.3 Å². The largest absolute Gasteiger partial charge is 0.459 e. The van der Waals surface area contributed by atoms with Gasteiger partial charge in [-0.25, -0.2) is 0 Å². The number of nitrogens with one attached hydrogen (secondary N) is 1. The van der Waals surface area contributed by atoms with Crippen LogP contribution in [0.2, 0.25) is 0 Å². The summed E-state index contributed by atoms with van der Waals surface area (Å²) in [5.74, 6) is 0.212. The molecule has 1 N–H and O–H groups in total. The van der Waals surface area contributed by atoms with E-state index in [1.807, 2.05) is 7.05 Å². The molecule has 1 aromatic heterocycles. The van der Waals surface area contributed by atoms with Crippen LogP contribution in [-0.4, -0.2) is 37.5 Å². The number of carbonyl (C=O) groups excluding carboxylic acids is 1. The van der Waals surface area contributed by atoms with Gasteiger partial charge in [0.1, 0.15) is 0 Å². The van der Waals surface area contributed by atoms with Crippen molar-refractivity contribution in [2.45, 2.75) is 6.92 Å². The van der Waals surface area contributed by atoms with Crippen molar-refractivity contribution in [1.82, 2.24) is 10.2 Å². The van der Waals surface area contributed by atoms with E-state index in [0.717, 1.165) is 13.1 Å². The average Bonchev–Trinajstić information content (AvgIpc) is 2.70. The van der Waals surface area contributed by atoms with Crippen LogP contribution in [-0.2, 0) is 0 Å². The molecule has 1 heterocycles. The van der Waals surface area contributed by atoms with Crippen LogP contribution in [0.4, 0.5) is 0 Å². The van der Waals surface area contributed by atoms with Gasteiger partial charge in [0.15, 0.2) is 5.76 Å². The van der Waals surface area contributed by atoms with E-state index in [-0.39, 0.29) is 5.91 Å². The molecule has 14 heavy (non-hydrogen) atoms. The first-order chi connectivity index (χ1) is 6.74. The maximum Gasteiger partial charge on any atom is 0.287 e. The number of carbonyl (C=O) groups is 1. The summed E-state index contributed by atoms with van der Waals surface area (Å²) in [4.78, 5) is 13.5. The Morgan fingerprint density at radius 2 is 2.43 bits per heavy atom. The van der Waals surface area contributed by atoms with Crippen molar-refractivity contribution in [3.05, 3.63) is 24.2 Å². The molecule has 78 valence electrons. The molecule has 0 aliphatic rings. The lowest BCUT2D eigenvalue weighted by atomic mass is 10.4. The summed E-state index contributed by atoms with van der Waals surface area (Å²) in [5, 5.41) is 2.78. The standard InChI is InChI=1S/C10H16N2O2/c1-3-12(2)7-6-11-10(13)9-5-4-8-14-9/h4-5,8H,3,6-7H2,1-2H3,(H,11,13). The van der Waals surface area contributed by atoms with Gasteiger partial charge in [-0.1, -0.05) is 6.92 Å². The topological polar surface area (TPSA) is 45.5 Å². The lowest BCUT2D eigenvalue weighted by molar-refractivity contribution is 0.0922. The van der Waals surface area contributed by atoms with E-state index in [9.17, 15) is 4.79 Å². The Labute approximate surface area is 83.9 Å². The van der Waals surface area contributed by atoms with Crippen molar-refractivity contribution in [1.29, 1.82) is 0 Å². The third-order valence-electron chi connectivity index (χ3n) is 2.06. The fraction of sp³-hybridized carbons (Fsp3) is 0.500. The summed E-state index contributed by atoms with van der Waals surface area (Å²) < 4.78 is 4.95. The fourth-order valence-electron chi connectivity index (χ4n) is 1.01. The monoisotopic (exact) mass is 196 g/mol. The molecular weight excluding hydrogens is 180 g/mol. The van der Waals surface area contributed by atoms with Crippen molar-refractivity contribution in [3.63, 3.8) is 0 Å². The number of nitrogens with zero attached hydrogens (tertiary/aromatic N) is 1. The van der Waals surface area contributed by atoms with Gasteiger partial charge < -0.3 is 14.6 Å². The Bertz CT molecular complexity index is 270. The number of rotatable bonds is 5. The molecule has 0 aromatic carbocycles. The van der Waals surface area contributed by atoms with Crippen molar-refractivity contribution in [3.8, 4) is 0 Å². The molecule has 0 atom stereocenters. The lowest BCUT2D eigenvalue weighted by Gasteiger charge is -2.13. The Kier molecular flexibility index (Phi) is 4.19. The Morgan fingerprint density at radius 1 is 1.64 bits per heavy atom. The molecule has 1 amide bonds. The minimum Gasteiger partial charge on any atom is -0.459 e. The predicted molar refractivity (Wildman–Crippen MR) is 54.2 cm³/mol. The summed E-state index contributed by atoms with van der Waals surface area (Å²) in [6.07, 6.45) is 1.49. The van der Waals surface area contributed by atoms with E-state index >= 15 is 0 Å². The van der Waals surface area contributed by atoms with Crippen LogP contribution in [0.5, 0.6) is 0 Å². The van der Waals surface area contributed by atoms with Gasteiger partial charge in [0, 0.05) is 13.1 Å². The Balaban J connectivity index is 2.23. The van der Waals surface area contributed by atoms with Gasteiger partial charge in [-0.3, -0.25) is 4.79 Å². The molecule has 4 heteroatoms. The molecule has 0 aliphatic carbocycles. The highest BCUT2D eigenvalue weighted by molar-refractivity contribution is 5.91. The van der Waals surface area contributed by atoms with Gasteiger partial charge in [-0.2, -0.15) is 0 Å². The Hall–Kier alpha value is -1.29. The molecule has 0 saturated carbocycles. The van der Waals surface area contributed by atoms with E-state index in [1.165, 1.54) is 6.26 Å². The summed E-state index contributed by atoms with van der Waals surface area (Å²) in [6, 6.07) is 3.35. The molecule has 0 spiro atoms. The molecule has 0 unspecified atom stereocenters. The number of hydrogen-bond donors (Lipinski definition) is 1. The summed E-state index contributed by atoms with van der Waals surface area (Å²) in [6.45, 7) is 4.55. The first kappa shape index (κ1) is 10.8. The second kappa shape index (κ2) is 5.44. The highest BCUT2D eigenvalue weighted by Gasteiger charge is 2.06. The molecule has 4 nitrogen and oxygen atoms in total. The predicted octanol–water partition coefficient (Wildman–Crippen LogP) is 0.961. The third-order valence-corrected chi connectivity index (χ3v) is 2.06. The molecule has 0 saturated heterocycles. The number of likely N-dealkylation sites (N-methyl/N-ethyl adjacent to an activating group) is 1. The maximum atomic E-state index is 11.4. The fourth-order valence-corrected chi connectivity index (χ4v) is 1.01. The van der Waals surface area contributed by atoms with Crippen molar-refractivity contribution in [2.24, 2.45) is 0 Å². The molecule has 0 aliphatic heterocycles. The number of amides is 1. The van der Waals surface area contributed by atoms with Crippen LogP contribution in [0, 0.1) is 0 Å². The first-order valence-electron chi connectivity index (χ1n) is 4.74. The van der Waals surface area contributed by atoms with Crippen LogP contribution in [0.15, 0.2) is 22.8 Å². The number of hydrogen-bond acceptors (Lipinski definition) is 3. The smallest absolute Gasteiger partial charge is 0.287 e. The van der Waals surface area contributed by atoms with E-state index in [1.54, 1.807) is 12.1 Å². The van der Waals surface area contributed by atoms with Crippen molar-refractivity contribution in [2.75, 3.05) is 26.7 Å². The van der Waals surface area contributed by atoms with Gasteiger partial charge in [0.05, 0.1) is 6.26 Å². The average molecular weight is 196 g/mol. The van der Waals surface area contributed by atoms with Gasteiger partial charge in [-0.15, -0.1) is 0 Å². The molecule has 0 fully saturated rings. The van der Waals surface area contributed by atoms with Crippen LogP contribution < -0.4 is 5.32 Å². The van der Waals surface area contributed by atoms with Crippen LogP contribution in [0.1, 0.15) is 17.5 Å². The van der Waals surface area contributed by atoms with Crippen molar-refractivity contribution >= 4 is 5.91 Å². The maximum absolute atomic E-state index is 11.4. The molecule has 1 aromatic rings. The van der Waals surface area contributed by atoms with E-state index in [4.69, 9.17) is 4.42 Å². The minimum absolute atomic E-state index is 0.153. The second-order valence-corrected chi connectivity index (χ2v) is 3.13. The van der Waals surface area contributed by atoms with Gasteiger partial charge in [0.25, 0.3) is 5.91 Å². The van der Waals surface area contributed by atoms with Crippen LogP contribution >= 0.6 is 0 Å². The molecule has 1 rings (SSSR count). The van der Waals surface area contributed by atoms with Gasteiger partial charge in [0.2, 0.25) is 0 Å². The van der Waals surface area contributed by atoms with E-state index in [2.05, 4.69) is 17.1 Å². The molecule has 0 radical (unpaired) electrons. The highest BCUT2D eigenvalue weighted by Crippen LogP contribution is 1.98. The van der Waals surface area contributed by atoms with Crippen LogP contribution in [0.25, 0.3) is 0 Å². The zero-order valence-corrected chi connectivity index (χ0v) is 8.62. The quantitative estimate of drug-likeness (QED) is 0.763. The number of furan rings is 1. The van der Waals surface area contributed by atoms with Gasteiger partial charge >= 0.3 is 0 Å². The van der Waals surface area contributed by atoms with E-state index < -0.39 is 0 Å². The Morgan fingerprint density at radius 3 is 3.00 bits per heavy atom. The first-order valence-corrected chi connectivity index (χ1v) is 4.74. The second-order valence-electron chi connectivity index (χ2n) is 3.13. The summed E-state index contributed by atoms with van der Waals surface area (Å²) in [7, 11) is 2.01. The highest BCUT2D eigenvalue weighted by atomic mass is 16.3. The van der Waals surface area contributed by atoms with Crippen LogP contribution in [0.3, 0.4) is 0 Å². The summed E-state index contributed by atoms with van der Waals surface area (Å²) >= 11 is 0. The summed E-state index contributed by atoms with van der Waals surface area (Å²) in [5.41, 5.74) is 0. The third kappa shape index (κ3) is 3.22. The SMILES string of the molecule is CCN(C)CCNC(=O)c1ccco1. The zero-order valence-electron chi connectivity index (χ0n) is 8.62. The van der Waals surface area contributed by atoms with Gasteiger partial charge in [-0.05, 0) is 25.7 Å².